The van der Waals surface area contributed by atoms with Gasteiger partial charge in [-0.25, -0.2) is 13.8 Å². The summed E-state index contributed by atoms with van der Waals surface area (Å²) in [6, 6.07) is 12.9. The first kappa shape index (κ1) is 32.9. The summed E-state index contributed by atoms with van der Waals surface area (Å²) in [6.07, 6.45) is 8.07. The predicted molar refractivity (Wildman–Crippen MR) is 186 cm³/mol. The third kappa shape index (κ3) is 6.42. The van der Waals surface area contributed by atoms with Crippen molar-refractivity contribution >= 4 is 34.1 Å². The fourth-order valence-electron chi connectivity index (χ4n) is 6.89. The lowest BCUT2D eigenvalue weighted by molar-refractivity contribution is -0.131. The molecular weight excluding hydrogens is 642 g/mol. The van der Waals surface area contributed by atoms with E-state index >= 15 is 4.39 Å². The number of fused-ring (bicyclic) bond motifs is 1. The molecule has 1 N–H and O–H groups in total. The van der Waals surface area contributed by atoms with Crippen LogP contribution >= 0.6 is 0 Å². The van der Waals surface area contributed by atoms with Crippen LogP contribution < -0.4 is 9.64 Å². The van der Waals surface area contributed by atoms with Gasteiger partial charge in [-0.1, -0.05) is 42.5 Å². The van der Waals surface area contributed by atoms with Crippen LogP contribution in [0.3, 0.4) is 0 Å². The maximum Gasteiger partial charge on any atom is 0.270 e. The Kier molecular flexibility index (Phi) is 9.29. The van der Waals surface area contributed by atoms with E-state index in [2.05, 4.69) is 33.3 Å². The van der Waals surface area contributed by atoms with Gasteiger partial charge in [0.15, 0.2) is 17.4 Å². The number of rotatable bonds is 9. The molecule has 1 fully saturated rings. The number of hydrogen-bond donors (Lipinski definition) is 1. The Morgan fingerprint density at radius 1 is 0.980 bits per heavy atom. The van der Waals surface area contributed by atoms with Crippen molar-refractivity contribution in [1.29, 1.82) is 0 Å². The number of pyridine rings is 1. The molecule has 0 radical (unpaired) electrons. The quantitative estimate of drug-likeness (QED) is 0.224. The lowest BCUT2D eigenvalue weighted by Crippen LogP contribution is -2.49. The maximum absolute atomic E-state index is 16.7. The van der Waals surface area contributed by atoms with Crippen LogP contribution in [0.25, 0.3) is 27.6 Å². The molecule has 5 heterocycles. The minimum atomic E-state index is -0.487. The van der Waals surface area contributed by atoms with Crippen molar-refractivity contribution in [1.82, 2.24) is 34.8 Å². The molecule has 258 valence electrons. The Labute approximate surface area is 288 Å². The molecule has 50 heavy (non-hydrogen) atoms. The summed E-state index contributed by atoms with van der Waals surface area (Å²) in [5.74, 6) is -0.368. The Hall–Kier alpha value is -5.59. The van der Waals surface area contributed by atoms with Crippen LogP contribution in [0.4, 0.5) is 14.6 Å². The SMILES string of the molecule is CCc1ccccc1-c1cc(C2=CCCN(C(=O)CCn3ccnn3)C2)c(F)c2[nH]c(C(=O)N3CCN(c4ncc(F)cc4OC)CC3)cc12. The summed E-state index contributed by atoms with van der Waals surface area (Å²) in [5, 5.41) is 8.36. The number of halogens is 2. The molecule has 13 heteroatoms. The van der Waals surface area contributed by atoms with Gasteiger partial charge in [-0.15, -0.1) is 5.10 Å². The van der Waals surface area contributed by atoms with Gasteiger partial charge in [0, 0.05) is 68.9 Å². The number of carbonyl (C=O) groups is 2. The molecule has 11 nitrogen and oxygen atoms in total. The zero-order valence-corrected chi connectivity index (χ0v) is 28.0. The monoisotopic (exact) mass is 680 g/mol. The first-order chi connectivity index (χ1) is 24.3. The fourth-order valence-corrected chi connectivity index (χ4v) is 6.89. The number of H-pyrrole nitrogens is 1. The molecule has 2 amide bonds. The van der Waals surface area contributed by atoms with Crippen molar-refractivity contribution in [3.05, 3.63) is 95.6 Å². The first-order valence-corrected chi connectivity index (χ1v) is 16.8. The Morgan fingerprint density at radius 3 is 2.56 bits per heavy atom. The second-order valence-corrected chi connectivity index (χ2v) is 12.5. The highest BCUT2D eigenvalue weighted by Gasteiger charge is 2.29. The molecule has 0 aliphatic carbocycles. The van der Waals surface area contributed by atoms with Gasteiger partial charge in [0.05, 0.1) is 31.6 Å². The van der Waals surface area contributed by atoms with Crippen LogP contribution in [0.5, 0.6) is 5.75 Å². The summed E-state index contributed by atoms with van der Waals surface area (Å²) >= 11 is 0. The number of aryl methyl sites for hydroxylation is 2. The van der Waals surface area contributed by atoms with E-state index in [0.29, 0.717) is 73.9 Å². The normalized spacial score (nSPS) is 15.0. The first-order valence-electron chi connectivity index (χ1n) is 16.8. The van der Waals surface area contributed by atoms with Crippen LogP contribution in [0.1, 0.15) is 41.4 Å². The predicted octanol–water partition coefficient (Wildman–Crippen LogP) is 5.34. The number of nitrogens with zero attached hydrogens (tertiary/aromatic N) is 7. The van der Waals surface area contributed by atoms with E-state index in [0.717, 1.165) is 34.9 Å². The Bertz CT molecular complexity index is 2070. The summed E-state index contributed by atoms with van der Waals surface area (Å²) in [6.45, 7) is 5.04. The molecule has 2 aromatic carbocycles. The average Bonchev–Trinajstić information content (AvgIpc) is 3.85. The van der Waals surface area contributed by atoms with E-state index < -0.39 is 11.6 Å². The number of piperazine rings is 1. The number of methoxy groups -OCH3 is 1. The smallest absolute Gasteiger partial charge is 0.270 e. The van der Waals surface area contributed by atoms with Gasteiger partial charge in [-0.2, -0.15) is 0 Å². The van der Waals surface area contributed by atoms with Gasteiger partial charge < -0.3 is 24.4 Å². The number of ether oxygens (including phenoxy) is 1. The van der Waals surface area contributed by atoms with E-state index in [9.17, 15) is 14.0 Å². The van der Waals surface area contributed by atoms with E-state index in [-0.39, 0.29) is 30.3 Å². The van der Waals surface area contributed by atoms with Gasteiger partial charge in [0.1, 0.15) is 11.5 Å². The molecule has 0 spiro atoms. The van der Waals surface area contributed by atoms with Crippen LogP contribution in [0.2, 0.25) is 0 Å². The van der Waals surface area contributed by atoms with E-state index in [1.54, 1.807) is 32.9 Å². The zero-order valence-electron chi connectivity index (χ0n) is 28.0. The topological polar surface area (TPSA) is 112 Å². The zero-order chi connectivity index (χ0) is 34.8. The van der Waals surface area contributed by atoms with Crippen molar-refractivity contribution in [2.24, 2.45) is 0 Å². The number of anilines is 1. The number of nitrogens with one attached hydrogen (secondary N) is 1. The minimum Gasteiger partial charge on any atom is -0.493 e. The lowest BCUT2D eigenvalue weighted by Gasteiger charge is -2.35. The van der Waals surface area contributed by atoms with Gasteiger partial charge in [-0.3, -0.25) is 14.3 Å². The summed E-state index contributed by atoms with van der Waals surface area (Å²) in [4.78, 5) is 39.9. The Balaban J connectivity index is 1.18. The van der Waals surface area contributed by atoms with Crippen LogP contribution in [-0.2, 0) is 17.8 Å². The minimum absolute atomic E-state index is 0.0364. The van der Waals surface area contributed by atoms with Crippen molar-refractivity contribution in [2.45, 2.75) is 32.7 Å². The van der Waals surface area contributed by atoms with Crippen molar-refractivity contribution in [3.63, 3.8) is 0 Å². The molecular formula is C37H38F2N8O3. The van der Waals surface area contributed by atoms with Crippen molar-refractivity contribution in [3.8, 4) is 16.9 Å². The van der Waals surface area contributed by atoms with Crippen LogP contribution in [0.15, 0.2) is 67.1 Å². The average molecular weight is 681 g/mol. The highest BCUT2D eigenvalue weighted by atomic mass is 19.1. The summed E-state index contributed by atoms with van der Waals surface area (Å²) in [5.41, 5.74) is 4.56. The second-order valence-electron chi connectivity index (χ2n) is 12.5. The van der Waals surface area contributed by atoms with Gasteiger partial charge in [-0.05, 0) is 47.2 Å². The van der Waals surface area contributed by atoms with Crippen LogP contribution in [0, 0.1) is 11.6 Å². The highest BCUT2D eigenvalue weighted by molar-refractivity contribution is 6.05. The molecule has 2 aliphatic rings. The molecule has 5 aromatic rings. The number of carbonyl (C=O) groups excluding carboxylic acids is 2. The number of benzene rings is 2. The summed E-state index contributed by atoms with van der Waals surface area (Å²) < 4.78 is 37.4. The van der Waals surface area contributed by atoms with Crippen molar-refractivity contribution < 1.29 is 23.1 Å². The van der Waals surface area contributed by atoms with Crippen LogP contribution in [-0.4, -0.2) is 93.0 Å². The van der Waals surface area contributed by atoms with Gasteiger partial charge in [0.2, 0.25) is 5.91 Å². The Morgan fingerprint density at radius 2 is 1.80 bits per heavy atom. The van der Waals surface area contributed by atoms with E-state index in [1.165, 1.54) is 13.2 Å². The number of hydrogen-bond acceptors (Lipinski definition) is 7. The molecule has 7 rings (SSSR count). The fraction of sp³-hybridized carbons (Fsp3) is 0.324. The largest absolute Gasteiger partial charge is 0.493 e. The highest BCUT2D eigenvalue weighted by Crippen LogP contribution is 2.38. The summed E-state index contributed by atoms with van der Waals surface area (Å²) in [7, 11) is 1.47. The molecule has 0 bridgehead atoms. The lowest BCUT2D eigenvalue weighted by atomic mass is 9.90. The molecule has 0 atom stereocenters. The molecule has 0 saturated carbocycles. The molecule has 2 aliphatic heterocycles. The molecule has 3 aromatic heterocycles. The molecule has 1 saturated heterocycles. The van der Waals surface area contributed by atoms with E-state index in [1.807, 2.05) is 35.2 Å². The van der Waals surface area contributed by atoms with Gasteiger partial charge >= 0.3 is 0 Å². The standard InChI is InChI=1S/C37H38F2N8O3/c1-3-24-7-4-5-9-27(24)29-20-28(25-8-6-12-46(23-25)33(48)10-13-47-14-11-41-43-47)34(39)35-30(29)21-31(42-35)37(49)45-17-15-44(16-18-45)36-32(50-2)19-26(38)22-40-36/h4-5,7-9,11,14,19-22,42H,3,6,10,12-13,15-18,23H2,1-2H3. The second kappa shape index (κ2) is 14.1. The van der Waals surface area contributed by atoms with Gasteiger partial charge in [0.25, 0.3) is 5.91 Å². The number of aromatic nitrogens is 5. The van der Waals surface area contributed by atoms with Crippen molar-refractivity contribution in [2.75, 3.05) is 51.3 Å². The number of aromatic amines is 1. The maximum atomic E-state index is 16.7. The third-order valence-electron chi connectivity index (χ3n) is 9.53. The van der Waals surface area contributed by atoms with E-state index in [4.69, 9.17) is 4.74 Å². The molecule has 0 unspecified atom stereocenters. The number of amides is 2. The third-order valence-corrected chi connectivity index (χ3v) is 9.53.